The molecule has 23 heavy (non-hydrogen) atoms. The molecule has 0 radical (unpaired) electrons. The molecular weight excluding hydrogens is 334 g/mol. The minimum Gasteiger partial charge on any atom is -0.351 e. The van der Waals surface area contributed by atoms with Gasteiger partial charge in [0.05, 0.1) is 6.54 Å². The number of nitrogens with one attached hydrogen (secondary N) is 3. The van der Waals surface area contributed by atoms with E-state index in [0.717, 1.165) is 17.7 Å². The molecule has 1 amide bonds. The fourth-order valence-corrected chi connectivity index (χ4v) is 5.69. The Kier molecular flexibility index (Phi) is 5.05. The SMILES string of the molecule is CNS(=O)(=O)c1ccc(CNC(=O)CC2CC3CCC(C2)N3)s1. The number of fused-ring (bicyclic) bond motifs is 2. The first kappa shape index (κ1) is 16.9. The van der Waals surface area contributed by atoms with Crippen molar-refractivity contribution in [1.82, 2.24) is 15.4 Å². The van der Waals surface area contributed by atoms with Crippen LogP contribution in [0.3, 0.4) is 0 Å². The van der Waals surface area contributed by atoms with Crippen LogP contribution in [0.4, 0.5) is 0 Å². The number of thiophene rings is 1. The molecule has 0 aromatic carbocycles. The quantitative estimate of drug-likeness (QED) is 0.714. The third-order valence-corrected chi connectivity index (χ3v) is 7.67. The molecule has 3 N–H and O–H groups in total. The smallest absolute Gasteiger partial charge is 0.249 e. The predicted octanol–water partition coefficient (Wildman–Crippen LogP) is 1.19. The van der Waals surface area contributed by atoms with Crippen molar-refractivity contribution < 1.29 is 13.2 Å². The lowest BCUT2D eigenvalue weighted by atomic mass is 9.89. The fourth-order valence-electron chi connectivity index (χ4n) is 3.56. The number of hydrogen-bond acceptors (Lipinski definition) is 5. The van der Waals surface area contributed by atoms with Crippen molar-refractivity contribution >= 4 is 27.3 Å². The second-order valence-corrected chi connectivity index (χ2v) is 9.67. The van der Waals surface area contributed by atoms with Gasteiger partial charge in [0.2, 0.25) is 15.9 Å². The Morgan fingerprint density at radius 2 is 2.00 bits per heavy atom. The fraction of sp³-hybridized carbons (Fsp3) is 0.667. The molecule has 0 spiro atoms. The molecule has 128 valence electrons. The van der Waals surface area contributed by atoms with E-state index < -0.39 is 10.0 Å². The lowest BCUT2D eigenvalue weighted by molar-refractivity contribution is -0.122. The van der Waals surface area contributed by atoms with Gasteiger partial charge in [0, 0.05) is 23.4 Å². The Hall–Kier alpha value is -0.960. The van der Waals surface area contributed by atoms with E-state index in [-0.39, 0.29) is 10.1 Å². The average molecular weight is 358 g/mol. The van der Waals surface area contributed by atoms with Crippen LogP contribution < -0.4 is 15.4 Å². The molecule has 6 nitrogen and oxygen atoms in total. The minimum absolute atomic E-state index is 0.0581. The first-order valence-corrected chi connectivity index (χ1v) is 10.3. The Bertz CT molecular complexity index is 659. The second-order valence-electron chi connectivity index (χ2n) is 6.38. The van der Waals surface area contributed by atoms with Crippen molar-refractivity contribution in [2.45, 2.75) is 54.9 Å². The molecule has 2 atom stereocenters. The van der Waals surface area contributed by atoms with E-state index in [1.807, 2.05) is 0 Å². The van der Waals surface area contributed by atoms with Crippen molar-refractivity contribution in [3.05, 3.63) is 17.0 Å². The molecule has 2 saturated heterocycles. The van der Waals surface area contributed by atoms with Gasteiger partial charge in [0.15, 0.2) is 0 Å². The molecule has 1 aromatic rings. The standard InChI is InChI=1S/C15H23N3O3S2/c1-16-23(20,21)15-5-4-13(22-15)9-17-14(19)8-10-6-11-2-3-12(7-10)18-11/h4-5,10-12,16,18H,2-3,6-9H2,1H3,(H,17,19). The highest BCUT2D eigenvalue weighted by Crippen LogP contribution is 2.32. The predicted molar refractivity (Wildman–Crippen MR) is 89.7 cm³/mol. The van der Waals surface area contributed by atoms with Crippen LogP contribution >= 0.6 is 11.3 Å². The first-order chi connectivity index (χ1) is 11.0. The van der Waals surface area contributed by atoms with E-state index in [1.54, 1.807) is 12.1 Å². The summed E-state index contributed by atoms with van der Waals surface area (Å²) in [6.07, 6.45) is 5.23. The number of rotatable bonds is 6. The maximum atomic E-state index is 12.1. The Labute approximate surface area is 141 Å². The largest absolute Gasteiger partial charge is 0.351 e. The van der Waals surface area contributed by atoms with Crippen LogP contribution in [-0.4, -0.2) is 33.5 Å². The van der Waals surface area contributed by atoms with Crippen molar-refractivity contribution in [1.29, 1.82) is 0 Å². The molecular formula is C15H23N3O3S2. The Balaban J connectivity index is 1.48. The number of sulfonamides is 1. The normalized spacial score (nSPS) is 27.1. The van der Waals surface area contributed by atoms with Crippen molar-refractivity contribution in [3.8, 4) is 0 Å². The monoisotopic (exact) mass is 357 g/mol. The summed E-state index contributed by atoms with van der Waals surface area (Å²) in [6.45, 7) is 0.389. The van der Waals surface area contributed by atoms with E-state index in [9.17, 15) is 13.2 Å². The van der Waals surface area contributed by atoms with Crippen LogP contribution in [-0.2, 0) is 21.4 Å². The van der Waals surface area contributed by atoms with Gasteiger partial charge >= 0.3 is 0 Å². The molecule has 2 unspecified atom stereocenters. The summed E-state index contributed by atoms with van der Waals surface area (Å²) in [5.74, 6) is 0.528. The zero-order valence-corrected chi connectivity index (χ0v) is 14.8. The minimum atomic E-state index is -3.40. The van der Waals surface area contributed by atoms with E-state index in [1.165, 1.54) is 31.2 Å². The van der Waals surface area contributed by atoms with Gasteiger partial charge in [-0.1, -0.05) is 0 Å². The van der Waals surface area contributed by atoms with Crippen molar-refractivity contribution in [3.63, 3.8) is 0 Å². The van der Waals surface area contributed by atoms with E-state index >= 15 is 0 Å². The highest BCUT2D eigenvalue weighted by molar-refractivity contribution is 7.91. The molecule has 2 bridgehead atoms. The Morgan fingerprint density at radius 1 is 1.30 bits per heavy atom. The molecule has 2 fully saturated rings. The van der Waals surface area contributed by atoms with E-state index in [4.69, 9.17) is 0 Å². The highest BCUT2D eigenvalue weighted by atomic mass is 32.2. The number of carbonyl (C=O) groups excluding carboxylic acids is 1. The van der Waals surface area contributed by atoms with Gasteiger partial charge in [-0.3, -0.25) is 4.79 Å². The maximum Gasteiger partial charge on any atom is 0.249 e. The zero-order chi connectivity index (χ0) is 16.4. The molecule has 0 aliphatic carbocycles. The van der Waals surface area contributed by atoms with Gasteiger partial charge in [-0.05, 0) is 50.8 Å². The summed E-state index contributed by atoms with van der Waals surface area (Å²) in [7, 11) is -2.00. The van der Waals surface area contributed by atoms with Gasteiger partial charge in [-0.15, -0.1) is 11.3 Å². The van der Waals surface area contributed by atoms with Gasteiger partial charge in [-0.2, -0.15) is 0 Å². The van der Waals surface area contributed by atoms with Crippen molar-refractivity contribution in [2.24, 2.45) is 5.92 Å². The van der Waals surface area contributed by atoms with Gasteiger partial charge in [0.1, 0.15) is 4.21 Å². The highest BCUT2D eigenvalue weighted by Gasteiger charge is 2.34. The van der Waals surface area contributed by atoms with E-state index in [0.29, 0.717) is 31.0 Å². The summed E-state index contributed by atoms with van der Waals surface area (Å²) < 4.78 is 25.9. The Morgan fingerprint density at radius 3 is 2.65 bits per heavy atom. The summed E-state index contributed by atoms with van der Waals surface area (Å²) in [5.41, 5.74) is 0. The molecule has 2 aliphatic heterocycles. The molecule has 8 heteroatoms. The number of hydrogen-bond donors (Lipinski definition) is 3. The van der Waals surface area contributed by atoms with Crippen LogP contribution in [0.1, 0.15) is 37.0 Å². The van der Waals surface area contributed by atoms with Crippen molar-refractivity contribution in [2.75, 3.05) is 7.05 Å². The van der Waals surface area contributed by atoms with Gasteiger partial charge < -0.3 is 10.6 Å². The second kappa shape index (κ2) is 6.88. The summed E-state index contributed by atoms with van der Waals surface area (Å²) in [6, 6.07) is 4.51. The summed E-state index contributed by atoms with van der Waals surface area (Å²) >= 11 is 1.19. The summed E-state index contributed by atoms with van der Waals surface area (Å²) in [4.78, 5) is 13.0. The van der Waals surface area contributed by atoms with Crippen LogP contribution in [0, 0.1) is 5.92 Å². The van der Waals surface area contributed by atoms with E-state index in [2.05, 4.69) is 15.4 Å². The van der Waals surface area contributed by atoms with Crippen LogP contribution in [0.5, 0.6) is 0 Å². The molecule has 2 aliphatic rings. The first-order valence-electron chi connectivity index (χ1n) is 8.01. The van der Waals surface area contributed by atoms with Gasteiger partial charge in [-0.25, -0.2) is 13.1 Å². The third kappa shape index (κ3) is 4.12. The van der Waals surface area contributed by atoms with Crippen LogP contribution in [0.2, 0.25) is 0 Å². The van der Waals surface area contributed by atoms with Gasteiger partial charge in [0.25, 0.3) is 0 Å². The summed E-state index contributed by atoms with van der Waals surface area (Å²) in [5, 5.41) is 6.50. The molecule has 3 heterocycles. The topological polar surface area (TPSA) is 87.3 Å². The maximum absolute atomic E-state index is 12.1. The third-order valence-electron chi connectivity index (χ3n) is 4.68. The average Bonchev–Trinajstić information content (AvgIpc) is 3.12. The lowest BCUT2D eigenvalue weighted by Crippen LogP contribution is -2.39. The van der Waals surface area contributed by atoms with Crippen LogP contribution in [0.15, 0.2) is 16.3 Å². The lowest BCUT2D eigenvalue weighted by Gasteiger charge is -2.28. The number of carbonyl (C=O) groups is 1. The number of piperidine rings is 1. The number of amides is 1. The van der Waals surface area contributed by atoms with Crippen LogP contribution in [0.25, 0.3) is 0 Å². The molecule has 0 saturated carbocycles. The molecule has 1 aromatic heterocycles. The zero-order valence-electron chi connectivity index (χ0n) is 13.2. The molecule has 3 rings (SSSR count).